The van der Waals surface area contributed by atoms with Crippen molar-refractivity contribution in [2.75, 3.05) is 33.3 Å². The first-order chi connectivity index (χ1) is 13.2. The van der Waals surface area contributed by atoms with E-state index in [1.807, 2.05) is 42.5 Å². The summed E-state index contributed by atoms with van der Waals surface area (Å²) in [6, 6.07) is 16.0. The van der Waals surface area contributed by atoms with Crippen molar-refractivity contribution in [1.29, 1.82) is 0 Å². The fraction of sp³-hybridized carbons (Fsp3) is 0.381. The lowest BCUT2D eigenvalue weighted by Crippen LogP contribution is -2.49. The molecule has 6 heteroatoms. The number of rotatable bonds is 7. The summed E-state index contributed by atoms with van der Waals surface area (Å²) in [7, 11) is 1.68. The Hall–Kier alpha value is -1.92. The first-order valence-electron chi connectivity index (χ1n) is 9.20. The van der Waals surface area contributed by atoms with E-state index >= 15 is 0 Å². The largest absolute Gasteiger partial charge is 0.380 e. The van der Waals surface area contributed by atoms with Crippen LogP contribution in [-0.2, 0) is 22.7 Å². The highest BCUT2D eigenvalue weighted by Crippen LogP contribution is 2.28. The Kier molecular flexibility index (Phi) is 7.24. The van der Waals surface area contributed by atoms with E-state index in [0.717, 1.165) is 41.3 Å². The molecule has 5 nitrogen and oxygen atoms in total. The number of benzene rings is 2. The lowest BCUT2D eigenvalue weighted by molar-refractivity contribution is -0.123. The predicted molar refractivity (Wildman–Crippen MR) is 108 cm³/mol. The zero-order valence-electron chi connectivity index (χ0n) is 15.6. The summed E-state index contributed by atoms with van der Waals surface area (Å²) in [5, 5.41) is 7.17. The van der Waals surface area contributed by atoms with Crippen LogP contribution in [0.25, 0.3) is 0 Å². The molecule has 27 heavy (non-hydrogen) atoms. The van der Waals surface area contributed by atoms with Crippen molar-refractivity contribution in [3.8, 4) is 0 Å². The fourth-order valence-corrected chi connectivity index (χ4v) is 3.69. The number of halogens is 1. The quantitative estimate of drug-likeness (QED) is 0.767. The van der Waals surface area contributed by atoms with Gasteiger partial charge in [-0.1, -0.05) is 54.1 Å². The smallest absolute Gasteiger partial charge is 0.234 e. The maximum atomic E-state index is 12.5. The summed E-state index contributed by atoms with van der Waals surface area (Å²) in [5.74, 6) is 0.0195. The van der Waals surface area contributed by atoms with Gasteiger partial charge in [0.25, 0.3) is 0 Å². The van der Waals surface area contributed by atoms with E-state index in [-0.39, 0.29) is 11.9 Å². The van der Waals surface area contributed by atoms with E-state index in [0.29, 0.717) is 19.7 Å². The summed E-state index contributed by atoms with van der Waals surface area (Å²) < 4.78 is 5.16. The number of hydrogen-bond donors (Lipinski definition) is 2. The van der Waals surface area contributed by atoms with E-state index in [2.05, 4.69) is 21.6 Å². The summed E-state index contributed by atoms with van der Waals surface area (Å²) >= 11 is 6.38. The Labute approximate surface area is 165 Å². The van der Waals surface area contributed by atoms with Crippen LogP contribution in [0.5, 0.6) is 0 Å². The molecule has 3 rings (SSSR count). The molecule has 1 atom stereocenters. The molecule has 2 aromatic rings. The maximum Gasteiger partial charge on any atom is 0.234 e. The van der Waals surface area contributed by atoms with Crippen LogP contribution in [0.3, 0.4) is 0 Å². The van der Waals surface area contributed by atoms with Gasteiger partial charge in [0.15, 0.2) is 0 Å². The molecule has 2 aromatic carbocycles. The third kappa shape index (κ3) is 5.53. The monoisotopic (exact) mass is 387 g/mol. The second-order valence-electron chi connectivity index (χ2n) is 6.74. The minimum absolute atomic E-state index is 0.0195. The van der Waals surface area contributed by atoms with Crippen molar-refractivity contribution in [1.82, 2.24) is 15.5 Å². The van der Waals surface area contributed by atoms with Crippen LogP contribution >= 0.6 is 11.6 Å². The van der Waals surface area contributed by atoms with Gasteiger partial charge in [0.1, 0.15) is 0 Å². The molecule has 0 saturated carbocycles. The molecule has 1 fully saturated rings. The molecule has 1 aliphatic rings. The molecule has 0 spiro atoms. The summed E-state index contributed by atoms with van der Waals surface area (Å²) in [6.45, 7) is 3.91. The fourth-order valence-electron chi connectivity index (χ4n) is 3.42. The first-order valence-corrected chi connectivity index (χ1v) is 9.58. The Morgan fingerprint density at radius 2 is 2.07 bits per heavy atom. The van der Waals surface area contributed by atoms with Crippen LogP contribution in [0.2, 0.25) is 5.02 Å². The summed E-state index contributed by atoms with van der Waals surface area (Å²) in [4.78, 5) is 14.7. The third-order valence-corrected chi connectivity index (χ3v) is 5.10. The molecule has 1 amide bonds. The lowest BCUT2D eigenvalue weighted by Gasteiger charge is -2.36. The minimum Gasteiger partial charge on any atom is -0.380 e. The van der Waals surface area contributed by atoms with E-state index < -0.39 is 0 Å². The molecule has 1 heterocycles. The minimum atomic E-state index is 0.0195. The molecule has 1 aliphatic heterocycles. The topological polar surface area (TPSA) is 53.6 Å². The van der Waals surface area contributed by atoms with Gasteiger partial charge in [-0.15, -0.1) is 0 Å². The number of nitrogens with zero attached hydrogens (tertiary/aromatic N) is 1. The molecular formula is C21H26ClN3O2. The molecular weight excluding hydrogens is 362 g/mol. The standard InChI is InChI=1S/C21H26ClN3O2/c1-27-15-17-6-4-5-16(11-17)12-24-21(26)14-25-10-9-23-13-20(25)18-7-2-3-8-19(18)22/h2-8,11,20,23H,9-10,12-15H2,1H3,(H,24,26). The van der Waals surface area contributed by atoms with Crippen LogP contribution in [-0.4, -0.2) is 44.1 Å². The third-order valence-electron chi connectivity index (χ3n) is 4.76. The highest BCUT2D eigenvalue weighted by Gasteiger charge is 2.26. The van der Waals surface area contributed by atoms with Crippen LogP contribution in [0.15, 0.2) is 48.5 Å². The molecule has 0 aliphatic carbocycles. The first kappa shape index (κ1) is 19.8. The normalized spacial score (nSPS) is 17.6. The molecule has 0 radical (unpaired) electrons. The van der Waals surface area contributed by atoms with Gasteiger partial charge in [0, 0.05) is 44.4 Å². The predicted octanol–water partition coefficient (Wildman–Crippen LogP) is 2.75. The average Bonchev–Trinajstić information content (AvgIpc) is 2.68. The highest BCUT2D eigenvalue weighted by molar-refractivity contribution is 6.31. The van der Waals surface area contributed by atoms with Crippen molar-refractivity contribution < 1.29 is 9.53 Å². The average molecular weight is 388 g/mol. The Bertz CT molecular complexity index is 769. The zero-order valence-corrected chi connectivity index (χ0v) is 16.3. The van der Waals surface area contributed by atoms with E-state index in [1.165, 1.54) is 0 Å². The second-order valence-corrected chi connectivity index (χ2v) is 7.15. The van der Waals surface area contributed by atoms with Crippen LogP contribution < -0.4 is 10.6 Å². The van der Waals surface area contributed by atoms with Crippen molar-refractivity contribution in [3.05, 3.63) is 70.2 Å². The van der Waals surface area contributed by atoms with E-state index in [9.17, 15) is 4.79 Å². The van der Waals surface area contributed by atoms with Crippen LogP contribution in [0, 0.1) is 0 Å². The molecule has 0 bridgehead atoms. The SMILES string of the molecule is COCc1cccc(CNC(=O)CN2CCNCC2c2ccccc2Cl)c1. The Morgan fingerprint density at radius 3 is 2.89 bits per heavy atom. The maximum absolute atomic E-state index is 12.5. The number of nitrogens with one attached hydrogen (secondary N) is 2. The van der Waals surface area contributed by atoms with Gasteiger partial charge in [-0.3, -0.25) is 9.69 Å². The number of methoxy groups -OCH3 is 1. The van der Waals surface area contributed by atoms with Crippen molar-refractivity contribution in [3.63, 3.8) is 0 Å². The number of amides is 1. The molecule has 1 saturated heterocycles. The van der Waals surface area contributed by atoms with Crippen molar-refractivity contribution in [2.24, 2.45) is 0 Å². The molecule has 1 unspecified atom stereocenters. The van der Waals surface area contributed by atoms with Gasteiger partial charge in [-0.25, -0.2) is 0 Å². The lowest BCUT2D eigenvalue weighted by atomic mass is 10.0. The van der Waals surface area contributed by atoms with Crippen molar-refractivity contribution >= 4 is 17.5 Å². The van der Waals surface area contributed by atoms with Gasteiger partial charge < -0.3 is 15.4 Å². The van der Waals surface area contributed by atoms with Crippen LogP contribution in [0.1, 0.15) is 22.7 Å². The highest BCUT2D eigenvalue weighted by atomic mass is 35.5. The van der Waals surface area contributed by atoms with Crippen LogP contribution in [0.4, 0.5) is 0 Å². The Morgan fingerprint density at radius 1 is 1.26 bits per heavy atom. The van der Waals surface area contributed by atoms with E-state index in [1.54, 1.807) is 7.11 Å². The van der Waals surface area contributed by atoms with Crippen molar-refractivity contribution in [2.45, 2.75) is 19.2 Å². The number of carbonyl (C=O) groups is 1. The number of piperazine rings is 1. The van der Waals surface area contributed by atoms with Gasteiger partial charge in [-0.05, 0) is 22.8 Å². The molecule has 144 valence electrons. The van der Waals surface area contributed by atoms with Gasteiger partial charge >= 0.3 is 0 Å². The second kappa shape index (κ2) is 9.85. The van der Waals surface area contributed by atoms with E-state index in [4.69, 9.17) is 16.3 Å². The zero-order chi connectivity index (χ0) is 19.1. The molecule has 0 aromatic heterocycles. The molecule has 2 N–H and O–H groups in total. The number of carbonyl (C=O) groups excluding carboxylic acids is 1. The summed E-state index contributed by atoms with van der Waals surface area (Å²) in [5.41, 5.74) is 3.23. The van der Waals surface area contributed by atoms with Gasteiger partial charge in [0.2, 0.25) is 5.91 Å². The van der Waals surface area contributed by atoms with Gasteiger partial charge in [-0.2, -0.15) is 0 Å². The Balaban J connectivity index is 1.59. The number of hydrogen-bond acceptors (Lipinski definition) is 4. The number of ether oxygens (including phenoxy) is 1. The summed E-state index contributed by atoms with van der Waals surface area (Å²) in [6.07, 6.45) is 0. The van der Waals surface area contributed by atoms with Gasteiger partial charge in [0.05, 0.1) is 13.2 Å².